The van der Waals surface area contributed by atoms with Crippen molar-refractivity contribution in [2.24, 2.45) is 0 Å². The molecule has 0 atom stereocenters. The van der Waals surface area contributed by atoms with Crippen LogP contribution in [0, 0.1) is 0 Å². The molecule has 0 aliphatic carbocycles. The molecule has 0 fully saturated rings. The van der Waals surface area contributed by atoms with Crippen molar-refractivity contribution in [2.75, 3.05) is 0 Å². The zero-order chi connectivity index (χ0) is 28.7. The average molecular weight is 577 g/mol. The van der Waals surface area contributed by atoms with E-state index < -0.39 is 9.84 Å². The van der Waals surface area contributed by atoms with Crippen LogP contribution in [0.1, 0.15) is 11.1 Å². The Kier molecular flexibility index (Phi) is 5.08. The van der Waals surface area contributed by atoms with Gasteiger partial charge >= 0.3 is 0 Å². The Morgan fingerprint density at radius 2 is 1.00 bits per heavy atom. The Hall–Kier alpha value is -5.13. The minimum atomic E-state index is -3.33. The number of para-hydroxylation sites is 2. The predicted molar refractivity (Wildman–Crippen MR) is 174 cm³/mol. The minimum Gasteiger partial charge on any atom is -0.456 e. The van der Waals surface area contributed by atoms with E-state index >= 15 is 0 Å². The first kappa shape index (κ1) is 24.5. The molecule has 0 N–H and O–H groups in total. The van der Waals surface area contributed by atoms with Crippen molar-refractivity contribution in [3.63, 3.8) is 0 Å². The second kappa shape index (κ2) is 8.93. The minimum absolute atomic E-state index is 0.0123. The van der Waals surface area contributed by atoms with Gasteiger partial charge in [0.1, 0.15) is 22.3 Å². The second-order valence-corrected chi connectivity index (χ2v) is 13.4. The fourth-order valence-corrected chi connectivity index (χ4v) is 8.25. The van der Waals surface area contributed by atoms with Gasteiger partial charge in [-0.2, -0.15) is 0 Å². The van der Waals surface area contributed by atoms with Gasteiger partial charge in [0.15, 0.2) is 9.84 Å². The number of rotatable bonds is 2. The molecular formula is C38H24O4S. The van der Waals surface area contributed by atoms with Gasteiger partial charge in [0.05, 0.1) is 11.5 Å². The number of fused-ring (bicyclic) bond motifs is 9. The van der Waals surface area contributed by atoms with E-state index in [1.165, 1.54) is 0 Å². The van der Waals surface area contributed by atoms with Gasteiger partial charge in [0.2, 0.25) is 0 Å². The van der Waals surface area contributed by atoms with E-state index in [9.17, 15) is 8.42 Å². The molecule has 0 bridgehead atoms. The van der Waals surface area contributed by atoms with Crippen molar-refractivity contribution in [3.8, 4) is 33.4 Å². The molecular weight excluding hydrogens is 552 g/mol. The number of benzene rings is 6. The summed E-state index contributed by atoms with van der Waals surface area (Å²) in [5, 5.41) is 4.27. The van der Waals surface area contributed by atoms with Crippen LogP contribution in [0.15, 0.2) is 130 Å². The van der Waals surface area contributed by atoms with E-state index in [-0.39, 0.29) is 11.5 Å². The summed E-state index contributed by atoms with van der Waals surface area (Å²) in [6.07, 6.45) is 0. The summed E-state index contributed by atoms with van der Waals surface area (Å²) in [5.41, 5.74) is 11.1. The number of hydrogen-bond donors (Lipinski definition) is 0. The van der Waals surface area contributed by atoms with E-state index in [0.29, 0.717) is 0 Å². The van der Waals surface area contributed by atoms with Gasteiger partial charge in [-0.1, -0.05) is 78.9 Å². The summed E-state index contributed by atoms with van der Waals surface area (Å²) in [4.78, 5) is 0. The lowest BCUT2D eigenvalue weighted by atomic mass is 9.89. The van der Waals surface area contributed by atoms with E-state index in [1.54, 1.807) is 0 Å². The number of hydrogen-bond acceptors (Lipinski definition) is 4. The summed E-state index contributed by atoms with van der Waals surface area (Å²) >= 11 is 0. The molecule has 5 heteroatoms. The van der Waals surface area contributed by atoms with Crippen molar-refractivity contribution in [3.05, 3.63) is 132 Å². The van der Waals surface area contributed by atoms with Crippen LogP contribution in [0.2, 0.25) is 0 Å². The van der Waals surface area contributed by atoms with Crippen LogP contribution in [-0.4, -0.2) is 8.42 Å². The van der Waals surface area contributed by atoms with E-state index in [0.717, 1.165) is 88.4 Å². The highest BCUT2D eigenvalue weighted by molar-refractivity contribution is 7.89. The smallest absolute Gasteiger partial charge is 0.158 e. The third-order valence-corrected chi connectivity index (χ3v) is 10.2. The van der Waals surface area contributed by atoms with E-state index in [4.69, 9.17) is 8.83 Å². The highest BCUT2D eigenvalue weighted by Gasteiger charge is 2.25. The molecule has 0 saturated carbocycles. The molecule has 6 aromatic carbocycles. The van der Waals surface area contributed by atoms with Gasteiger partial charge in [-0.05, 0) is 87.0 Å². The second-order valence-electron chi connectivity index (χ2n) is 11.4. The number of sulfone groups is 1. The molecule has 9 rings (SSSR count). The van der Waals surface area contributed by atoms with Crippen molar-refractivity contribution in [1.29, 1.82) is 0 Å². The van der Waals surface area contributed by atoms with Gasteiger partial charge in [0.25, 0.3) is 0 Å². The van der Waals surface area contributed by atoms with Crippen LogP contribution in [0.4, 0.5) is 0 Å². The van der Waals surface area contributed by atoms with Gasteiger partial charge in [-0.25, -0.2) is 8.42 Å². The molecule has 206 valence electrons. The highest BCUT2D eigenvalue weighted by Crippen LogP contribution is 2.42. The Morgan fingerprint density at radius 1 is 0.442 bits per heavy atom. The van der Waals surface area contributed by atoms with Crippen LogP contribution in [0.25, 0.3) is 77.3 Å². The molecule has 0 saturated heterocycles. The fourth-order valence-electron chi connectivity index (χ4n) is 6.70. The molecule has 0 spiro atoms. The van der Waals surface area contributed by atoms with Gasteiger partial charge in [-0.15, -0.1) is 0 Å². The zero-order valence-electron chi connectivity index (χ0n) is 23.0. The van der Waals surface area contributed by atoms with Crippen LogP contribution in [-0.2, 0) is 21.3 Å². The lowest BCUT2D eigenvalue weighted by Gasteiger charge is -2.14. The topological polar surface area (TPSA) is 60.4 Å². The summed E-state index contributed by atoms with van der Waals surface area (Å²) in [6.45, 7) is 0. The molecule has 0 unspecified atom stereocenters. The summed E-state index contributed by atoms with van der Waals surface area (Å²) in [6, 6.07) is 40.9. The first-order valence-electron chi connectivity index (χ1n) is 14.3. The van der Waals surface area contributed by atoms with Crippen molar-refractivity contribution >= 4 is 53.7 Å². The SMILES string of the molecule is O=S1(=O)Cc2ccc(-c3ccc4oc5ccccc5c4c3)cc2-c2cc(-c3cccc4oc5ccccc5c34)ccc2C1. The monoisotopic (exact) mass is 576 g/mol. The third kappa shape index (κ3) is 3.85. The van der Waals surface area contributed by atoms with Crippen molar-refractivity contribution in [1.82, 2.24) is 0 Å². The van der Waals surface area contributed by atoms with Crippen LogP contribution < -0.4 is 0 Å². The summed E-state index contributed by atoms with van der Waals surface area (Å²) in [5.74, 6) is 0.0262. The Morgan fingerprint density at radius 3 is 1.79 bits per heavy atom. The largest absolute Gasteiger partial charge is 0.456 e. The first-order valence-corrected chi connectivity index (χ1v) is 16.1. The van der Waals surface area contributed by atoms with Crippen molar-refractivity contribution < 1.29 is 17.3 Å². The molecule has 0 amide bonds. The van der Waals surface area contributed by atoms with Gasteiger partial charge in [0, 0.05) is 21.5 Å². The zero-order valence-corrected chi connectivity index (χ0v) is 23.8. The lowest BCUT2D eigenvalue weighted by molar-refractivity contribution is 0.595. The highest BCUT2D eigenvalue weighted by atomic mass is 32.2. The maximum Gasteiger partial charge on any atom is 0.158 e. The number of furan rings is 2. The summed E-state index contributed by atoms with van der Waals surface area (Å²) < 4.78 is 38.6. The van der Waals surface area contributed by atoms with E-state index in [2.05, 4.69) is 42.5 Å². The molecule has 2 aromatic heterocycles. The Bertz CT molecular complexity index is 2530. The summed E-state index contributed by atoms with van der Waals surface area (Å²) in [7, 11) is -3.33. The van der Waals surface area contributed by atoms with Gasteiger partial charge < -0.3 is 8.83 Å². The normalized spacial score (nSPS) is 14.2. The first-order chi connectivity index (χ1) is 21.0. The average Bonchev–Trinajstić information content (AvgIpc) is 3.56. The maximum absolute atomic E-state index is 13.2. The molecule has 1 aliphatic heterocycles. The molecule has 0 radical (unpaired) electrons. The van der Waals surface area contributed by atoms with Crippen LogP contribution >= 0.6 is 0 Å². The quantitative estimate of drug-likeness (QED) is 0.205. The molecule has 3 heterocycles. The van der Waals surface area contributed by atoms with Crippen molar-refractivity contribution in [2.45, 2.75) is 11.5 Å². The molecule has 4 nitrogen and oxygen atoms in total. The maximum atomic E-state index is 13.2. The molecule has 43 heavy (non-hydrogen) atoms. The predicted octanol–water partition coefficient (Wildman–Crippen LogP) is 9.91. The lowest BCUT2D eigenvalue weighted by Crippen LogP contribution is -2.05. The van der Waals surface area contributed by atoms with Crippen LogP contribution in [0.3, 0.4) is 0 Å². The van der Waals surface area contributed by atoms with Crippen LogP contribution in [0.5, 0.6) is 0 Å². The molecule has 1 aliphatic rings. The Labute approximate surface area is 247 Å². The molecule has 8 aromatic rings. The van der Waals surface area contributed by atoms with Gasteiger partial charge in [-0.3, -0.25) is 0 Å². The standard InChI is InChI=1S/C38H24O4S/c39-43(40)21-26-14-12-23(24-16-17-36-33(19-24)29-6-1-3-9-34(29)41-36)18-31(26)32-20-25(13-15-27(32)22-43)28-8-5-11-37-38(28)30-7-2-4-10-35(30)42-37/h1-20H,21-22H2. The van der Waals surface area contributed by atoms with E-state index in [1.807, 2.05) is 78.9 Å². The Balaban J connectivity index is 1.25. The third-order valence-electron chi connectivity index (χ3n) is 8.68. The fraction of sp³-hybridized carbons (Fsp3) is 0.0526.